The molecule has 3 aromatic carbocycles. The molecule has 6 heteroatoms. The van der Waals surface area contributed by atoms with E-state index in [2.05, 4.69) is 29.2 Å². The van der Waals surface area contributed by atoms with Crippen molar-refractivity contribution in [2.45, 2.75) is 31.4 Å². The Hall–Kier alpha value is -3.74. The Morgan fingerprint density at radius 2 is 1.56 bits per heavy atom. The van der Waals surface area contributed by atoms with Gasteiger partial charge < -0.3 is 9.84 Å². The van der Waals surface area contributed by atoms with Crippen LogP contribution in [0.5, 0.6) is 0 Å². The minimum absolute atomic E-state index is 0.189. The highest BCUT2D eigenvalue weighted by atomic mass is 16.5. The number of para-hydroxylation sites is 1. The summed E-state index contributed by atoms with van der Waals surface area (Å²) in [5.74, 6) is -1.02. The molecule has 4 aromatic rings. The SMILES string of the molecule is O=C(O)c1c(CN2CCC3(CC2)OCCc2ccccc23)n(-c2ccccc2)c(=O)c2ccccc12. The lowest BCUT2D eigenvalue weighted by molar-refractivity contribution is -0.0991. The molecule has 182 valence electrons. The lowest BCUT2D eigenvalue weighted by Gasteiger charge is -2.45. The molecule has 6 rings (SSSR count). The maximum absolute atomic E-state index is 13.7. The van der Waals surface area contributed by atoms with Gasteiger partial charge in [-0.15, -0.1) is 0 Å². The Balaban J connectivity index is 1.41. The molecule has 36 heavy (non-hydrogen) atoms. The number of fused-ring (bicyclic) bond motifs is 3. The van der Waals surface area contributed by atoms with Crippen molar-refractivity contribution >= 4 is 16.7 Å². The van der Waals surface area contributed by atoms with Crippen LogP contribution in [0.3, 0.4) is 0 Å². The molecule has 0 atom stereocenters. The third-order valence-corrected chi connectivity index (χ3v) is 7.71. The molecule has 2 aliphatic rings. The van der Waals surface area contributed by atoms with Gasteiger partial charge in [-0.2, -0.15) is 0 Å². The van der Waals surface area contributed by atoms with Crippen LogP contribution in [0.1, 0.15) is 40.0 Å². The molecule has 1 fully saturated rings. The molecule has 0 radical (unpaired) electrons. The molecule has 1 aromatic heterocycles. The van der Waals surface area contributed by atoms with Crippen LogP contribution in [0.15, 0.2) is 83.7 Å². The molecular weight excluding hydrogens is 452 g/mol. The molecule has 1 spiro atoms. The van der Waals surface area contributed by atoms with E-state index in [-0.39, 0.29) is 16.7 Å². The van der Waals surface area contributed by atoms with E-state index in [0.29, 0.717) is 28.7 Å². The van der Waals surface area contributed by atoms with Gasteiger partial charge in [-0.25, -0.2) is 4.79 Å². The number of rotatable bonds is 4. The third kappa shape index (κ3) is 3.74. The summed E-state index contributed by atoms with van der Waals surface area (Å²) in [4.78, 5) is 28.5. The largest absolute Gasteiger partial charge is 0.478 e. The van der Waals surface area contributed by atoms with Gasteiger partial charge in [-0.3, -0.25) is 14.3 Å². The smallest absolute Gasteiger partial charge is 0.338 e. The Morgan fingerprint density at radius 3 is 2.31 bits per heavy atom. The fourth-order valence-electron chi connectivity index (χ4n) is 5.95. The highest BCUT2D eigenvalue weighted by molar-refractivity contribution is 6.04. The number of aromatic carboxylic acids is 1. The van der Waals surface area contributed by atoms with Crippen LogP contribution in [0, 0.1) is 0 Å². The van der Waals surface area contributed by atoms with Crippen molar-refractivity contribution in [2.24, 2.45) is 0 Å². The van der Waals surface area contributed by atoms with Crippen molar-refractivity contribution in [1.82, 2.24) is 9.47 Å². The number of carboxylic acids is 1. The van der Waals surface area contributed by atoms with E-state index in [1.165, 1.54) is 11.1 Å². The minimum Gasteiger partial charge on any atom is -0.478 e. The number of carboxylic acid groups (broad SMARTS) is 1. The number of pyridine rings is 1. The monoisotopic (exact) mass is 480 g/mol. The van der Waals surface area contributed by atoms with Gasteiger partial charge in [0.05, 0.1) is 23.5 Å². The van der Waals surface area contributed by atoms with Crippen molar-refractivity contribution in [3.8, 4) is 5.69 Å². The first-order chi connectivity index (χ1) is 17.6. The zero-order chi connectivity index (χ0) is 24.7. The van der Waals surface area contributed by atoms with Crippen LogP contribution >= 0.6 is 0 Å². The van der Waals surface area contributed by atoms with Crippen molar-refractivity contribution < 1.29 is 14.6 Å². The maximum Gasteiger partial charge on any atom is 0.338 e. The van der Waals surface area contributed by atoms with Crippen molar-refractivity contribution in [3.63, 3.8) is 0 Å². The van der Waals surface area contributed by atoms with Crippen molar-refractivity contribution in [1.29, 1.82) is 0 Å². The molecule has 2 aliphatic heterocycles. The summed E-state index contributed by atoms with van der Waals surface area (Å²) in [6, 6.07) is 24.9. The fourth-order valence-corrected chi connectivity index (χ4v) is 5.95. The number of carbonyl (C=O) groups is 1. The Morgan fingerprint density at radius 1 is 0.889 bits per heavy atom. The molecule has 1 saturated heterocycles. The number of likely N-dealkylation sites (tertiary alicyclic amines) is 1. The number of hydrogen-bond acceptors (Lipinski definition) is 4. The molecule has 0 bridgehead atoms. The first-order valence-electron chi connectivity index (χ1n) is 12.5. The molecule has 3 heterocycles. The molecule has 0 saturated carbocycles. The van der Waals surface area contributed by atoms with E-state index in [1.807, 2.05) is 30.3 Å². The summed E-state index contributed by atoms with van der Waals surface area (Å²) in [7, 11) is 0. The second-order valence-corrected chi connectivity index (χ2v) is 9.67. The normalized spacial score (nSPS) is 17.2. The van der Waals surface area contributed by atoms with Crippen LogP contribution in [-0.2, 0) is 23.3 Å². The lowest BCUT2D eigenvalue weighted by Crippen LogP contribution is -2.46. The highest BCUT2D eigenvalue weighted by Gasteiger charge is 2.41. The number of hydrogen-bond donors (Lipinski definition) is 1. The van der Waals surface area contributed by atoms with Gasteiger partial charge in [0, 0.05) is 36.1 Å². The second-order valence-electron chi connectivity index (χ2n) is 9.67. The fraction of sp³-hybridized carbons (Fsp3) is 0.267. The van der Waals surface area contributed by atoms with Gasteiger partial charge in [0.2, 0.25) is 0 Å². The Labute approximate surface area is 209 Å². The van der Waals surface area contributed by atoms with Crippen LogP contribution in [-0.4, -0.2) is 40.2 Å². The van der Waals surface area contributed by atoms with Crippen LogP contribution in [0.2, 0.25) is 0 Å². The van der Waals surface area contributed by atoms with Crippen LogP contribution < -0.4 is 5.56 Å². The Bertz CT molecular complexity index is 1500. The average Bonchev–Trinajstić information content (AvgIpc) is 2.91. The number of aromatic nitrogens is 1. The zero-order valence-corrected chi connectivity index (χ0v) is 20.0. The summed E-state index contributed by atoms with van der Waals surface area (Å²) >= 11 is 0. The van der Waals surface area contributed by atoms with Crippen molar-refractivity contribution in [2.75, 3.05) is 19.7 Å². The molecule has 0 amide bonds. The number of piperidine rings is 1. The predicted octanol–water partition coefficient (Wildman–Crippen LogP) is 4.75. The predicted molar refractivity (Wildman–Crippen MR) is 139 cm³/mol. The molecule has 0 aliphatic carbocycles. The second kappa shape index (κ2) is 9.04. The third-order valence-electron chi connectivity index (χ3n) is 7.71. The van der Waals surface area contributed by atoms with Gasteiger partial charge in [0.25, 0.3) is 5.56 Å². The number of ether oxygens (including phenoxy) is 1. The summed E-state index contributed by atoms with van der Waals surface area (Å²) in [6.45, 7) is 2.60. The molecule has 1 N–H and O–H groups in total. The van der Waals surface area contributed by atoms with Crippen molar-refractivity contribution in [3.05, 3.63) is 112 Å². The summed E-state index contributed by atoms with van der Waals surface area (Å²) in [5.41, 5.74) is 3.53. The number of benzene rings is 3. The van der Waals surface area contributed by atoms with E-state index < -0.39 is 5.97 Å². The molecule has 0 unspecified atom stereocenters. The van der Waals surface area contributed by atoms with Gasteiger partial charge in [0.1, 0.15) is 0 Å². The van der Waals surface area contributed by atoms with E-state index in [9.17, 15) is 14.7 Å². The van der Waals surface area contributed by atoms with Gasteiger partial charge in [0.15, 0.2) is 0 Å². The first-order valence-corrected chi connectivity index (χ1v) is 12.5. The van der Waals surface area contributed by atoms with Crippen LogP contribution in [0.25, 0.3) is 16.5 Å². The zero-order valence-electron chi connectivity index (χ0n) is 20.0. The maximum atomic E-state index is 13.7. The first kappa shape index (κ1) is 22.7. The van der Waals surface area contributed by atoms with E-state index in [0.717, 1.165) is 39.0 Å². The topological polar surface area (TPSA) is 71.8 Å². The molecule has 6 nitrogen and oxygen atoms in total. The average molecular weight is 481 g/mol. The van der Waals surface area contributed by atoms with Crippen LogP contribution in [0.4, 0.5) is 0 Å². The standard InChI is InChI=1S/C30H28N2O4/c33-28-24-12-6-5-11-23(24)27(29(34)35)26(32(28)22-9-2-1-3-10-22)20-31-17-15-30(16-18-31)25-13-7-4-8-21(25)14-19-36-30/h1-13H,14-20H2,(H,34,35). The Kier molecular flexibility index (Phi) is 5.70. The highest BCUT2D eigenvalue weighted by Crippen LogP contribution is 2.41. The summed E-state index contributed by atoms with van der Waals surface area (Å²) in [5, 5.41) is 11.2. The van der Waals surface area contributed by atoms with E-state index in [4.69, 9.17) is 4.74 Å². The van der Waals surface area contributed by atoms with E-state index >= 15 is 0 Å². The van der Waals surface area contributed by atoms with Gasteiger partial charge in [-0.05, 0) is 48.6 Å². The van der Waals surface area contributed by atoms with E-state index in [1.54, 1.807) is 28.8 Å². The van der Waals surface area contributed by atoms with Gasteiger partial charge >= 0.3 is 5.97 Å². The quantitative estimate of drug-likeness (QED) is 0.456. The van der Waals surface area contributed by atoms with Gasteiger partial charge in [-0.1, -0.05) is 60.7 Å². The summed E-state index contributed by atoms with van der Waals surface area (Å²) in [6.07, 6.45) is 2.59. The molecular formula is C30H28N2O4. The lowest BCUT2D eigenvalue weighted by atomic mass is 9.79. The minimum atomic E-state index is -1.02. The summed E-state index contributed by atoms with van der Waals surface area (Å²) < 4.78 is 7.97. The number of nitrogens with zero attached hydrogens (tertiary/aromatic N) is 2.